The first-order chi connectivity index (χ1) is 14.7. The Balaban J connectivity index is 1.58. The second kappa shape index (κ2) is 10.9. The van der Waals surface area contributed by atoms with Gasteiger partial charge < -0.3 is 24.7 Å². The first-order valence-electron chi connectivity index (χ1n) is 10.8. The highest BCUT2D eigenvalue weighted by molar-refractivity contribution is 5.80. The van der Waals surface area contributed by atoms with E-state index in [0.29, 0.717) is 6.04 Å². The maximum Gasteiger partial charge on any atom is 0.191 e. The van der Waals surface area contributed by atoms with Crippen molar-refractivity contribution in [3.05, 3.63) is 48.4 Å². The van der Waals surface area contributed by atoms with E-state index in [4.69, 9.17) is 9.15 Å². The predicted molar refractivity (Wildman–Crippen MR) is 122 cm³/mol. The molecule has 1 aromatic heterocycles. The van der Waals surface area contributed by atoms with Gasteiger partial charge in [0.05, 0.1) is 25.1 Å². The molecule has 2 atom stereocenters. The molecule has 2 N–H and O–H groups in total. The molecule has 0 radical (unpaired) electrons. The number of rotatable bonds is 9. The summed E-state index contributed by atoms with van der Waals surface area (Å²) >= 11 is 0. The van der Waals surface area contributed by atoms with Gasteiger partial charge in [-0.3, -0.25) is 9.89 Å². The highest BCUT2D eigenvalue weighted by Gasteiger charge is 2.26. The van der Waals surface area contributed by atoms with Crippen molar-refractivity contribution in [2.45, 2.75) is 32.4 Å². The van der Waals surface area contributed by atoms with Gasteiger partial charge in [-0.05, 0) is 43.8 Å². The lowest BCUT2D eigenvalue weighted by Gasteiger charge is -2.29. The number of methoxy groups -OCH3 is 1. The van der Waals surface area contributed by atoms with Crippen LogP contribution in [0.25, 0.3) is 0 Å². The summed E-state index contributed by atoms with van der Waals surface area (Å²) in [6, 6.07) is 12.7. The molecule has 1 aromatic carbocycles. The summed E-state index contributed by atoms with van der Waals surface area (Å²) in [5.74, 6) is 2.72. The maximum atomic E-state index is 5.70. The van der Waals surface area contributed by atoms with E-state index >= 15 is 0 Å². The highest BCUT2D eigenvalue weighted by atomic mass is 16.5. The molecular formula is C23H35N5O2. The van der Waals surface area contributed by atoms with Crippen LogP contribution >= 0.6 is 0 Å². The summed E-state index contributed by atoms with van der Waals surface area (Å²) in [7, 11) is 3.54. The van der Waals surface area contributed by atoms with Crippen molar-refractivity contribution in [2.24, 2.45) is 4.99 Å². The Bertz CT molecular complexity index is 789. The van der Waals surface area contributed by atoms with Crippen LogP contribution in [0.15, 0.2) is 52.1 Å². The van der Waals surface area contributed by atoms with Crippen molar-refractivity contribution in [1.29, 1.82) is 0 Å². The molecule has 2 unspecified atom stereocenters. The standard InChI is InChI=1S/C23H35N5O2/c1-5-27(6-2)20(22-12-9-15-30-22)16-25-23(24-3)26-18-13-14-28(17-18)19-10-7-8-11-21(19)29-4/h7-12,15,18,20H,5-6,13-14,16-17H2,1-4H3,(H2,24,25,26). The molecule has 7 heteroatoms. The molecule has 0 amide bonds. The van der Waals surface area contributed by atoms with Crippen LogP contribution < -0.4 is 20.3 Å². The fourth-order valence-electron chi connectivity index (χ4n) is 4.12. The van der Waals surface area contributed by atoms with Gasteiger partial charge in [-0.15, -0.1) is 0 Å². The molecular weight excluding hydrogens is 378 g/mol. The normalized spacial score (nSPS) is 18.0. The molecule has 0 bridgehead atoms. The van der Waals surface area contributed by atoms with E-state index in [2.05, 4.69) is 51.4 Å². The number of anilines is 1. The van der Waals surface area contributed by atoms with Crippen LogP contribution in [0.5, 0.6) is 5.75 Å². The number of hydrogen-bond donors (Lipinski definition) is 2. The lowest BCUT2D eigenvalue weighted by molar-refractivity contribution is 0.193. The predicted octanol–water partition coefficient (Wildman–Crippen LogP) is 3.12. The summed E-state index contributed by atoms with van der Waals surface area (Å²) in [5, 5.41) is 7.09. The summed E-state index contributed by atoms with van der Waals surface area (Å²) in [4.78, 5) is 9.20. The number of hydrogen-bond acceptors (Lipinski definition) is 5. The number of furan rings is 1. The Morgan fingerprint density at radius 3 is 2.73 bits per heavy atom. The highest BCUT2D eigenvalue weighted by Crippen LogP contribution is 2.30. The zero-order chi connectivity index (χ0) is 21.3. The van der Waals surface area contributed by atoms with E-state index in [1.165, 1.54) is 0 Å². The second-order valence-electron chi connectivity index (χ2n) is 7.45. The van der Waals surface area contributed by atoms with Crippen LogP contribution in [0.1, 0.15) is 32.1 Å². The van der Waals surface area contributed by atoms with Gasteiger partial charge in [0, 0.05) is 32.7 Å². The van der Waals surface area contributed by atoms with Gasteiger partial charge in [-0.25, -0.2) is 0 Å². The topological polar surface area (TPSA) is 65.3 Å². The average Bonchev–Trinajstić information content (AvgIpc) is 3.48. The molecule has 0 spiro atoms. The number of likely N-dealkylation sites (N-methyl/N-ethyl adjacent to an activating group) is 1. The molecule has 2 aromatic rings. The summed E-state index contributed by atoms with van der Waals surface area (Å²) in [6.45, 7) is 8.92. The summed E-state index contributed by atoms with van der Waals surface area (Å²) < 4.78 is 11.2. The molecule has 1 saturated heterocycles. The van der Waals surface area contributed by atoms with Gasteiger partial charge in [0.2, 0.25) is 0 Å². The van der Waals surface area contributed by atoms with E-state index in [-0.39, 0.29) is 6.04 Å². The molecule has 1 aliphatic rings. The molecule has 3 rings (SSSR count). The Morgan fingerprint density at radius 1 is 1.27 bits per heavy atom. The number of ether oxygens (including phenoxy) is 1. The Hall–Kier alpha value is -2.67. The molecule has 7 nitrogen and oxygen atoms in total. The smallest absolute Gasteiger partial charge is 0.191 e. The van der Waals surface area contributed by atoms with Crippen LogP contribution in [0, 0.1) is 0 Å². The van der Waals surface area contributed by atoms with E-state index in [0.717, 1.165) is 62.3 Å². The maximum absolute atomic E-state index is 5.70. The van der Waals surface area contributed by atoms with Crippen molar-refractivity contribution < 1.29 is 9.15 Å². The van der Waals surface area contributed by atoms with E-state index in [1.54, 1.807) is 13.4 Å². The SMILES string of the molecule is CCN(CC)C(CNC(=NC)NC1CCN(c2ccccc2OC)C1)c1ccco1. The first kappa shape index (κ1) is 22.0. The van der Waals surface area contributed by atoms with Crippen molar-refractivity contribution in [3.63, 3.8) is 0 Å². The molecule has 164 valence electrons. The van der Waals surface area contributed by atoms with Gasteiger partial charge in [0.1, 0.15) is 11.5 Å². The van der Waals surface area contributed by atoms with Gasteiger partial charge in [-0.1, -0.05) is 26.0 Å². The number of nitrogens with one attached hydrogen (secondary N) is 2. The Labute approximate surface area is 180 Å². The van der Waals surface area contributed by atoms with Crippen molar-refractivity contribution in [2.75, 3.05) is 51.8 Å². The van der Waals surface area contributed by atoms with E-state index in [9.17, 15) is 0 Å². The zero-order valence-electron chi connectivity index (χ0n) is 18.6. The minimum Gasteiger partial charge on any atom is -0.495 e. The quantitative estimate of drug-likeness (QED) is 0.486. The molecule has 0 saturated carbocycles. The van der Waals surface area contributed by atoms with Crippen LogP contribution in [0.4, 0.5) is 5.69 Å². The zero-order valence-corrected chi connectivity index (χ0v) is 18.6. The van der Waals surface area contributed by atoms with E-state index < -0.39 is 0 Å². The largest absolute Gasteiger partial charge is 0.495 e. The fourth-order valence-corrected chi connectivity index (χ4v) is 4.12. The van der Waals surface area contributed by atoms with Gasteiger partial charge in [0.15, 0.2) is 5.96 Å². The van der Waals surface area contributed by atoms with Crippen molar-refractivity contribution >= 4 is 11.6 Å². The van der Waals surface area contributed by atoms with Gasteiger partial charge in [0.25, 0.3) is 0 Å². The minimum absolute atomic E-state index is 0.169. The van der Waals surface area contributed by atoms with Gasteiger partial charge >= 0.3 is 0 Å². The second-order valence-corrected chi connectivity index (χ2v) is 7.45. The van der Waals surface area contributed by atoms with Crippen LogP contribution in [-0.2, 0) is 0 Å². The third-order valence-corrected chi connectivity index (χ3v) is 5.77. The average molecular weight is 414 g/mol. The lowest BCUT2D eigenvalue weighted by atomic mass is 10.2. The number of nitrogens with zero attached hydrogens (tertiary/aromatic N) is 3. The third-order valence-electron chi connectivity index (χ3n) is 5.77. The first-order valence-corrected chi connectivity index (χ1v) is 10.8. The fraction of sp³-hybridized carbons (Fsp3) is 0.522. The summed E-state index contributed by atoms with van der Waals surface area (Å²) in [6.07, 6.45) is 2.79. The van der Waals surface area contributed by atoms with Gasteiger partial charge in [-0.2, -0.15) is 0 Å². The minimum atomic E-state index is 0.169. The third kappa shape index (κ3) is 5.27. The lowest BCUT2D eigenvalue weighted by Crippen LogP contribution is -2.47. The summed E-state index contributed by atoms with van der Waals surface area (Å²) in [5.41, 5.74) is 1.15. The number of benzene rings is 1. The van der Waals surface area contributed by atoms with Crippen LogP contribution in [0.3, 0.4) is 0 Å². The molecule has 0 aliphatic carbocycles. The monoisotopic (exact) mass is 413 g/mol. The van der Waals surface area contributed by atoms with Crippen LogP contribution in [0.2, 0.25) is 0 Å². The van der Waals surface area contributed by atoms with Crippen molar-refractivity contribution in [3.8, 4) is 5.75 Å². The molecule has 1 fully saturated rings. The molecule has 1 aliphatic heterocycles. The molecule has 30 heavy (non-hydrogen) atoms. The number of para-hydroxylation sites is 2. The molecule has 2 heterocycles. The Morgan fingerprint density at radius 2 is 2.07 bits per heavy atom. The van der Waals surface area contributed by atoms with Crippen molar-refractivity contribution in [1.82, 2.24) is 15.5 Å². The number of aliphatic imine (C=N–C) groups is 1. The van der Waals surface area contributed by atoms with E-state index in [1.807, 2.05) is 31.3 Å². The number of guanidine groups is 1. The van der Waals surface area contributed by atoms with Crippen LogP contribution in [-0.4, -0.2) is 63.8 Å². The Kier molecular flexibility index (Phi) is 8.02.